The number of rotatable bonds is 8. The van der Waals surface area contributed by atoms with Gasteiger partial charge >= 0.3 is 0 Å². The molecule has 0 bridgehead atoms. The molecule has 2 atom stereocenters. The van der Waals surface area contributed by atoms with Crippen LogP contribution in [0.1, 0.15) is 36.4 Å². The Bertz CT molecular complexity index is 966. The molecule has 0 spiro atoms. The zero-order chi connectivity index (χ0) is 21.0. The predicted molar refractivity (Wildman–Crippen MR) is 111 cm³/mol. The van der Waals surface area contributed by atoms with Crippen molar-refractivity contribution in [3.05, 3.63) is 69.8 Å². The predicted octanol–water partition coefficient (Wildman–Crippen LogP) is 2.91. The summed E-state index contributed by atoms with van der Waals surface area (Å²) in [4.78, 5) is 10.4. The maximum atomic E-state index is 12.9. The summed E-state index contributed by atoms with van der Waals surface area (Å²) in [6, 6.07) is 14.6. The summed E-state index contributed by atoms with van der Waals surface area (Å²) in [5.41, 5.74) is 8.08. The van der Waals surface area contributed by atoms with Crippen LogP contribution in [-0.2, 0) is 10.0 Å². The van der Waals surface area contributed by atoms with Crippen LogP contribution in [0, 0.1) is 17.0 Å². The fraction of sp³-hybridized carbons (Fsp3) is 0.400. The lowest BCUT2D eigenvalue weighted by molar-refractivity contribution is -0.385. The van der Waals surface area contributed by atoms with Gasteiger partial charge in [0.2, 0.25) is 10.0 Å². The van der Waals surface area contributed by atoms with Crippen LogP contribution in [0.5, 0.6) is 0 Å². The van der Waals surface area contributed by atoms with Crippen LogP contribution in [0.4, 0.5) is 5.69 Å². The molecule has 1 aliphatic heterocycles. The van der Waals surface area contributed by atoms with Crippen molar-refractivity contribution in [3.8, 4) is 0 Å². The summed E-state index contributed by atoms with van der Waals surface area (Å²) >= 11 is 0. The highest BCUT2D eigenvalue weighted by molar-refractivity contribution is 7.89. The van der Waals surface area contributed by atoms with E-state index in [0.29, 0.717) is 18.5 Å². The van der Waals surface area contributed by atoms with Crippen LogP contribution in [0.25, 0.3) is 0 Å². The van der Waals surface area contributed by atoms with E-state index in [1.165, 1.54) is 29.0 Å². The van der Waals surface area contributed by atoms with Crippen LogP contribution in [0.3, 0.4) is 0 Å². The second-order valence-electron chi connectivity index (χ2n) is 7.36. The third-order valence-corrected chi connectivity index (χ3v) is 7.28. The molecule has 1 heterocycles. The first-order valence-corrected chi connectivity index (χ1v) is 11.0. The number of hydrogen-bond acceptors (Lipinski definition) is 6. The minimum Gasteiger partial charge on any atom is -0.258 e. The SMILES string of the molecule is Cc1ccc([N+](=O)[O-])cc1S(=O)(=O)N(C)CCCC1CC(c2ccccc2)NN1. The molecule has 1 aliphatic rings. The molecule has 2 N–H and O–H groups in total. The van der Waals surface area contributed by atoms with E-state index in [2.05, 4.69) is 23.0 Å². The van der Waals surface area contributed by atoms with Crippen molar-refractivity contribution in [1.82, 2.24) is 15.2 Å². The van der Waals surface area contributed by atoms with Crippen LogP contribution >= 0.6 is 0 Å². The second kappa shape index (κ2) is 9.00. The molecule has 29 heavy (non-hydrogen) atoms. The van der Waals surface area contributed by atoms with E-state index < -0.39 is 14.9 Å². The molecule has 8 nitrogen and oxygen atoms in total. The standard InChI is InChI=1S/C20H26N4O4S/c1-15-10-11-18(24(25)26)14-20(15)29(27,28)23(2)12-6-9-17-13-19(22-21-17)16-7-4-3-5-8-16/h3-5,7-8,10-11,14,17,19,21-22H,6,9,12-13H2,1-2H3. The lowest BCUT2D eigenvalue weighted by Gasteiger charge is -2.19. The van der Waals surface area contributed by atoms with Gasteiger partial charge < -0.3 is 0 Å². The van der Waals surface area contributed by atoms with Crippen molar-refractivity contribution < 1.29 is 13.3 Å². The average molecular weight is 419 g/mol. The van der Waals surface area contributed by atoms with Crippen molar-refractivity contribution in [1.29, 1.82) is 0 Å². The summed E-state index contributed by atoms with van der Waals surface area (Å²) in [6.45, 7) is 1.99. The quantitative estimate of drug-likeness (QED) is 0.505. The van der Waals surface area contributed by atoms with Gasteiger partial charge in [-0.1, -0.05) is 36.4 Å². The molecule has 0 aromatic heterocycles. The van der Waals surface area contributed by atoms with Gasteiger partial charge in [-0.3, -0.25) is 21.0 Å². The summed E-state index contributed by atoms with van der Waals surface area (Å²) in [6.07, 6.45) is 2.44. The Kier molecular flexibility index (Phi) is 6.63. The first kappa shape index (κ1) is 21.4. The Hall–Kier alpha value is -2.33. The van der Waals surface area contributed by atoms with E-state index in [4.69, 9.17) is 0 Å². The third kappa shape index (κ3) is 4.99. The molecule has 156 valence electrons. The number of non-ortho nitro benzene ring substituents is 1. The largest absolute Gasteiger partial charge is 0.270 e. The summed E-state index contributed by atoms with van der Waals surface area (Å²) in [5.74, 6) is 0. The fourth-order valence-corrected chi connectivity index (χ4v) is 4.99. The molecular formula is C20H26N4O4S. The zero-order valence-corrected chi connectivity index (χ0v) is 17.4. The van der Waals surface area contributed by atoms with Gasteiger partial charge in [0.15, 0.2) is 0 Å². The molecule has 9 heteroatoms. The molecule has 1 fully saturated rings. The number of nitro groups is 1. The monoisotopic (exact) mass is 418 g/mol. The van der Waals surface area contributed by atoms with Gasteiger partial charge in [0.05, 0.1) is 9.82 Å². The smallest absolute Gasteiger partial charge is 0.258 e. The van der Waals surface area contributed by atoms with Crippen LogP contribution in [-0.4, -0.2) is 37.3 Å². The number of nitrogens with zero attached hydrogens (tertiary/aromatic N) is 2. The van der Waals surface area contributed by atoms with Gasteiger partial charge in [-0.2, -0.15) is 0 Å². The average Bonchev–Trinajstić information content (AvgIpc) is 3.17. The molecule has 3 rings (SSSR count). The third-order valence-electron chi connectivity index (χ3n) is 5.28. The Morgan fingerprint density at radius 2 is 1.90 bits per heavy atom. The second-order valence-corrected chi connectivity index (χ2v) is 9.37. The van der Waals surface area contributed by atoms with E-state index in [0.717, 1.165) is 18.9 Å². The lowest BCUT2D eigenvalue weighted by Crippen LogP contribution is -2.32. The maximum absolute atomic E-state index is 12.9. The van der Waals surface area contributed by atoms with E-state index in [9.17, 15) is 18.5 Å². The normalized spacial score (nSPS) is 19.6. The van der Waals surface area contributed by atoms with Crippen molar-refractivity contribution in [3.63, 3.8) is 0 Å². The highest BCUT2D eigenvalue weighted by atomic mass is 32.2. The Morgan fingerprint density at radius 3 is 2.59 bits per heavy atom. The first-order valence-electron chi connectivity index (χ1n) is 9.56. The number of aryl methyl sites for hydroxylation is 1. The van der Waals surface area contributed by atoms with Gasteiger partial charge in [0.25, 0.3) is 5.69 Å². The van der Waals surface area contributed by atoms with Gasteiger partial charge in [-0.25, -0.2) is 12.7 Å². The van der Waals surface area contributed by atoms with Crippen LogP contribution in [0.15, 0.2) is 53.4 Å². The molecular weight excluding hydrogens is 392 g/mol. The molecule has 2 aromatic carbocycles. The summed E-state index contributed by atoms with van der Waals surface area (Å²) in [5, 5.41) is 11.0. The molecule has 2 unspecified atom stereocenters. The number of hydrogen-bond donors (Lipinski definition) is 2. The number of nitro benzene ring substituents is 1. The van der Waals surface area contributed by atoms with E-state index in [1.54, 1.807) is 6.92 Å². The van der Waals surface area contributed by atoms with Gasteiger partial charge in [0, 0.05) is 37.8 Å². The van der Waals surface area contributed by atoms with Crippen molar-refractivity contribution in [2.45, 2.75) is 43.2 Å². The Balaban J connectivity index is 1.56. The van der Waals surface area contributed by atoms with Crippen LogP contribution < -0.4 is 10.9 Å². The van der Waals surface area contributed by atoms with E-state index >= 15 is 0 Å². The number of hydrazine groups is 1. The van der Waals surface area contributed by atoms with Gasteiger partial charge in [-0.05, 0) is 37.3 Å². The highest BCUT2D eigenvalue weighted by Gasteiger charge is 2.27. The number of sulfonamides is 1. The Labute approximate surface area is 171 Å². The molecule has 1 saturated heterocycles. The summed E-state index contributed by atoms with van der Waals surface area (Å²) in [7, 11) is -2.27. The topological polar surface area (TPSA) is 105 Å². The minimum absolute atomic E-state index is 0.0148. The molecule has 0 saturated carbocycles. The molecule has 0 radical (unpaired) electrons. The van der Waals surface area contributed by atoms with Crippen molar-refractivity contribution in [2.24, 2.45) is 0 Å². The minimum atomic E-state index is -3.78. The summed E-state index contributed by atoms with van der Waals surface area (Å²) < 4.78 is 27.0. The molecule has 0 aliphatic carbocycles. The maximum Gasteiger partial charge on any atom is 0.270 e. The highest BCUT2D eigenvalue weighted by Crippen LogP contribution is 2.26. The van der Waals surface area contributed by atoms with Crippen LogP contribution in [0.2, 0.25) is 0 Å². The molecule has 0 amide bonds. The van der Waals surface area contributed by atoms with Crippen molar-refractivity contribution >= 4 is 15.7 Å². The fourth-order valence-electron chi connectivity index (χ4n) is 3.54. The number of benzene rings is 2. The lowest BCUT2D eigenvalue weighted by atomic mass is 10.00. The number of nitrogens with one attached hydrogen (secondary N) is 2. The Morgan fingerprint density at radius 1 is 1.17 bits per heavy atom. The zero-order valence-electron chi connectivity index (χ0n) is 16.5. The van der Waals surface area contributed by atoms with E-state index in [1.807, 2.05) is 18.2 Å². The van der Waals surface area contributed by atoms with Gasteiger partial charge in [-0.15, -0.1) is 0 Å². The first-order chi connectivity index (χ1) is 13.8. The van der Waals surface area contributed by atoms with E-state index in [-0.39, 0.29) is 22.7 Å². The van der Waals surface area contributed by atoms with Crippen molar-refractivity contribution in [2.75, 3.05) is 13.6 Å². The van der Waals surface area contributed by atoms with Gasteiger partial charge in [0.1, 0.15) is 0 Å². The molecule has 2 aromatic rings.